The summed E-state index contributed by atoms with van der Waals surface area (Å²) in [5, 5.41) is 0. The van der Waals surface area contributed by atoms with Crippen LogP contribution in [0.2, 0.25) is 0 Å². The Labute approximate surface area is 148 Å². The number of hydrogen-bond acceptors (Lipinski definition) is 5. The molecule has 0 aromatic rings. The van der Waals surface area contributed by atoms with Crippen LogP contribution in [0.15, 0.2) is 4.99 Å². The molecule has 24 heavy (non-hydrogen) atoms. The molecule has 1 unspecified atom stereocenters. The maximum absolute atomic E-state index is 10.3. The lowest BCUT2D eigenvalue weighted by atomic mass is 9.93. The lowest BCUT2D eigenvalue weighted by molar-refractivity contribution is -0.403. The molecule has 0 rings (SSSR count). The summed E-state index contributed by atoms with van der Waals surface area (Å²) in [6, 6.07) is 0. The fraction of sp³-hybridized carbons (Fsp3) is 0.947. The first kappa shape index (κ1) is 23.3. The van der Waals surface area contributed by atoms with Gasteiger partial charge in [-0.3, -0.25) is 0 Å². The average Bonchev–Trinajstić information content (AvgIpc) is 2.57. The van der Waals surface area contributed by atoms with E-state index in [0.717, 1.165) is 25.7 Å². The Morgan fingerprint density at radius 3 is 1.88 bits per heavy atom. The number of rotatable bonds is 17. The summed E-state index contributed by atoms with van der Waals surface area (Å²) in [5.41, 5.74) is 0. The Kier molecular flexibility index (Phi) is 15.3. The highest BCUT2D eigenvalue weighted by Gasteiger charge is 2.41. The molecule has 5 nitrogen and oxygen atoms in total. The molecule has 0 N–H and O–H groups in total. The van der Waals surface area contributed by atoms with E-state index in [1.165, 1.54) is 25.7 Å². The average molecular weight is 344 g/mol. The van der Waals surface area contributed by atoms with Crippen LogP contribution >= 0.6 is 0 Å². The number of nitrogens with zero attached hydrogens (tertiary/aromatic N) is 1. The van der Waals surface area contributed by atoms with Crippen LogP contribution in [-0.2, 0) is 19.0 Å². The summed E-state index contributed by atoms with van der Waals surface area (Å²) in [6.45, 7) is 10.2. The van der Waals surface area contributed by atoms with E-state index in [2.05, 4.69) is 11.9 Å². The van der Waals surface area contributed by atoms with Crippen molar-refractivity contribution in [3.8, 4) is 0 Å². The highest BCUT2D eigenvalue weighted by atomic mass is 16.9. The monoisotopic (exact) mass is 343 g/mol. The van der Waals surface area contributed by atoms with Crippen LogP contribution in [0.3, 0.4) is 0 Å². The fourth-order valence-corrected chi connectivity index (χ4v) is 3.04. The van der Waals surface area contributed by atoms with E-state index in [0.29, 0.717) is 26.4 Å². The predicted octanol–water partition coefficient (Wildman–Crippen LogP) is 4.84. The smallest absolute Gasteiger partial charge is 0.285 e. The second-order valence-corrected chi connectivity index (χ2v) is 5.92. The summed E-state index contributed by atoms with van der Waals surface area (Å²) in [7, 11) is 0. The molecule has 5 heteroatoms. The Morgan fingerprint density at radius 1 is 0.833 bits per heavy atom. The van der Waals surface area contributed by atoms with Gasteiger partial charge in [0.15, 0.2) is 0 Å². The molecule has 0 aliphatic heterocycles. The van der Waals surface area contributed by atoms with E-state index in [1.807, 2.05) is 20.8 Å². The first-order chi connectivity index (χ1) is 11.7. The number of isocyanates is 1. The SMILES string of the molecule is CCCCCCCC(CCCN=C=O)C(OCC)(OCC)OCC. The van der Waals surface area contributed by atoms with Crippen molar-refractivity contribution in [2.75, 3.05) is 26.4 Å². The van der Waals surface area contributed by atoms with Gasteiger partial charge in [0, 0.05) is 25.7 Å². The number of hydrogen-bond donors (Lipinski definition) is 0. The molecule has 0 fully saturated rings. The van der Waals surface area contributed by atoms with Gasteiger partial charge in [-0.25, -0.2) is 9.79 Å². The van der Waals surface area contributed by atoms with E-state index >= 15 is 0 Å². The van der Waals surface area contributed by atoms with Gasteiger partial charge < -0.3 is 14.2 Å². The fourth-order valence-electron chi connectivity index (χ4n) is 3.04. The first-order valence-corrected chi connectivity index (χ1v) is 9.66. The Bertz CT molecular complexity index is 312. The van der Waals surface area contributed by atoms with Gasteiger partial charge in [0.05, 0.1) is 6.54 Å². The van der Waals surface area contributed by atoms with Crippen molar-refractivity contribution in [3.05, 3.63) is 0 Å². The zero-order chi connectivity index (χ0) is 18.1. The number of aliphatic imine (C=N–C) groups is 1. The van der Waals surface area contributed by atoms with Gasteiger partial charge in [0.25, 0.3) is 5.97 Å². The van der Waals surface area contributed by atoms with Crippen LogP contribution < -0.4 is 0 Å². The summed E-state index contributed by atoms with van der Waals surface area (Å²) >= 11 is 0. The molecule has 0 spiro atoms. The largest absolute Gasteiger partial charge is 0.328 e. The first-order valence-electron chi connectivity index (χ1n) is 9.66. The predicted molar refractivity (Wildman–Crippen MR) is 96.7 cm³/mol. The minimum Gasteiger partial charge on any atom is -0.328 e. The van der Waals surface area contributed by atoms with E-state index < -0.39 is 5.97 Å². The molecular weight excluding hydrogens is 306 g/mol. The van der Waals surface area contributed by atoms with Crippen LogP contribution in [0, 0.1) is 5.92 Å². The molecular formula is C19H37NO4. The summed E-state index contributed by atoms with van der Waals surface area (Å²) in [5.74, 6) is -0.839. The molecule has 1 atom stereocenters. The lowest BCUT2D eigenvalue weighted by Gasteiger charge is -2.39. The van der Waals surface area contributed by atoms with Crippen molar-refractivity contribution in [2.45, 2.75) is 85.0 Å². The zero-order valence-electron chi connectivity index (χ0n) is 16.1. The molecule has 0 saturated carbocycles. The third-order valence-corrected chi connectivity index (χ3v) is 4.08. The number of unbranched alkanes of at least 4 members (excludes halogenated alkanes) is 4. The van der Waals surface area contributed by atoms with E-state index in [4.69, 9.17) is 14.2 Å². The van der Waals surface area contributed by atoms with Gasteiger partial charge in [-0.15, -0.1) is 0 Å². The van der Waals surface area contributed by atoms with Crippen molar-refractivity contribution in [2.24, 2.45) is 10.9 Å². The van der Waals surface area contributed by atoms with Crippen molar-refractivity contribution in [3.63, 3.8) is 0 Å². The van der Waals surface area contributed by atoms with E-state index in [1.54, 1.807) is 6.08 Å². The van der Waals surface area contributed by atoms with Gasteiger partial charge in [0.2, 0.25) is 6.08 Å². The topological polar surface area (TPSA) is 57.1 Å². The molecule has 0 aromatic carbocycles. The van der Waals surface area contributed by atoms with Crippen molar-refractivity contribution in [1.29, 1.82) is 0 Å². The number of ether oxygens (including phenoxy) is 3. The van der Waals surface area contributed by atoms with Gasteiger partial charge >= 0.3 is 0 Å². The third-order valence-electron chi connectivity index (χ3n) is 4.08. The van der Waals surface area contributed by atoms with Gasteiger partial charge in [-0.2, -0.15) is 0 Å². The van der Waals surface area contributed by atoms with E-state index in [9.17, 15) is 4.79 Å². The highest BCUT2D eigenvalue weighted by molar-refractivity contribution is 5.32. The molecule has 0 saturated heterocycles. The van der Waals surface area contributed by atoms with E-state index in [-0.39, 0.29) is 5.92 Å². The standard InChI is InChI=1S/C19H37NO4/c1-5-9-10-11-12-14-18(15-13-16-20-17-21)19(22-6-2,23-7-3)24-8-4/h18H,5-16H2,1-4H3. The van der Waals surface area contributed by atoms with Gasteiger partial charge in [-0.1, -0.05) is 39.0 Å². The van der Waals surface area contributed by atoms with Crippen LogP contribution in [0.1, 0.15) is 79.1 Å². The molecule has 0 aromatic heterocycles. The summed E-state index contributed by atoms with van der Waals surface area (Å²) in [6.07, 6.45) is 10.4. The third kappa shape index (κ3) is 9.53. The molecule has 0 radical (unpaired) electrons. The maximum Gasteiger partial charge on any atom is 0.285 e. The molecule has 0 amide bonds. The summed E-state index contributed by atoms with van der Waals surface area (Å²) < 4.78 is 17.9. The quantitative estimate of drug-likeness (QED) is 0.164. The van der Waals surface area contributed by atoms with Gasteiger partial charge in [0.1, 0.15) is 0 Å². The van der Waals surface area contributed by atoms with Crippen LogP contribution in [0.4, 0.5) is 0 Å². The Morgan fingerprint density at radius 2 is 1.38 bits per heavy atom. The van der Waals surface area contributed by atoms with Gasteiger partial charge in [-0.05, 0) is 40.0 Å². The molecule has 0 aliphatic rings. The number of carbonyl (C=O) groups excluding carboxylic acids is 1. The van der Waals surface area contributed by atoms with Crippen molar-refractivity contribution < 1.29 is 19.0 Å². The zero-order valence-corrected chi connectivity index (χ0v) is 16.1. The Hall–Kier alpha value is -0.740. The molecule has 0 heterocycles. The second-order valence-electron chi connectivity index (χ2n) is 5.92. The second kappa shape index (κ2) is 15.8. The lowest BCUT2D eigenvalue weighted by Crippen LogP contribution is -2.47. The normalized spacial score (nSPS) is 12.8. The van der Waals surface area contributed by atoms with Crippen molar-refractivity contribution >= 4 is 6.08 Å². The van der Waals surface area contributed by atoms with Crippen LogP contribution in [0.5, 0.6) is 0 Å². The minimum absolute atomic E-state index is 0.140. The maximum atomic E-state index is 10.3. The van der Waals surface area contributed by atoms with Crippen LogP contribution in [0.25, 0.3) is 0 Å². The highest BCUT2D eigenvalue weighted by Crippen LogP contribution is 2.34. The molecule has 0 bridgehead atoms. The minimum atomic E-state index is -0.978. The molecule has 0 aliphatic carbocycles. The molecule has 142 valence electrons. The van der Waals surface area contributed by atoms with Crippen LogP contribution in [-0.4, -0.2) is 38.4 Å². The summed E-state index contributed by atoms with van der Waals surface area (Å²) in [4.78, 5) is 13.9. The Balaban J connectivity index is 4.90. The van der Waals surface area contributed by atoms with Crippen molar-refractivity contribution in [1.82, 2.24) is 0 Å².